The highest BCUT2D eigenvalue weighted by Crippen LogP contribution is 2.27. The molecular formula is C19H20Cl2N2O2. The topological polar surface area (TPSA) is 50.7 Å². The minimum Gasteiger partial charge on any atom is -0.492 e. The van der Waals surface area contributed by atoms with Gasteiger partial charge < -0.3 is 4.74 Å². The highest BCUT2D eigenvalue weighted by molar-refractivity contribution is 6.35. The normalized spacial score (nSPS) is 10.8. The van der Waals surface area contributed by atoms with Crippen molar-refractivity contribution in [2.24, 2.45) is 5.10 Å². The fourth-order valence-electron chi connectivity index (χ4n) is 2.08. The number of carbonyl (C=O) groups is 1. The highest BCUT2D eigenvalue weighted by atomic mass is 35.5. The number of hydrazone groups is 1. The zero-order valence-electron chi connectivity index (χ0n) is 14.0. The van der Waals surface area contributed by atoms with Gasteiger partial charge in [-0.3, -0.25) is 4.79 Å². The monoisotopic (exact) mass is 378 g/mol. The van der Waals surface area contributed by atoms with Crippen LogP contribution in [-0.4, -0.2) is 18.7 Å². The largest absolute Gasteiger partial charge is 0.492 e. The molecule has 0 radical (unpaired) electrons. The van der Waals surface area contributed by atoms with E-state index in [2.05, 4.69) is 17.5 Å². The molecule has 0 heterocycles. The Kier molecular flexibility index (Phi) is 7.76. The molecule has 0 aliphatic rings. The minimum atomic E-state index is -0.160. The SMILES string of the molecule is CCc1ccc(/C=N/NC(=O)CCCOc2ccc(Cl)cc2Cl)cc1. The van der Waals surface area contributed by atoms with E-state index in [0.29, 0.717) is 35.2 Å². The maximum atomic E-state index is 11.7. The van der Waals surface area contributed by atoms with Crippen LogP contribution in [0, 0.1) is 0 Å². The second-order valence-electron chi connectivity index (χ2n) is 5.42. The molecule has 2 aromatic rings. The zero-order valence-corrected chi connectivity index (χ0v) is 15.5. The quantitative estimate of drug-likeness (QED) is 0.404. The van der Waals surface area contributed by atoms with E-state index in [1.807, 2.05) is 24.3 Å². The molecule has 4 nitrogen and oxygen atoms in total. The Hall–Kier alpha value is -2.04. The summed E-state index contributed by atoms with van der Waals surface area (Å²) in [5.74, 6) is 0.396. The summed E-state index contributed by atoms with van der Waals surface area (Å²) in [5.41, 5.74) is 4.72. The summed E-state index contributed by atoms with van der Waals surface area (Å²) in [6, 6.07) is 13.1. The number of rotatable bonds is 8. The van der Waals surface area contributed by atoms with Gasteiger partial charge in [-0.2, -0.15) is 5.10 Å². The van der Waals surface area contributed by atoms with Crippen LogP contribution in [0.25, 0.3) is 0 Å². The van der Waals surface area contributed by atoms with E-state index in [4.69, 9.17) is 27.9 Å². The number of hydrogen-bond donors (Lipinski definition) is 1. The van der Waals surface area contributed by atoms with Crippen molar-refractivity contribution in [1.29, 1.82) is 0 Å². The van der Waals surface area contributed by atoms with Crippen LogP contribution in [0.15, 0.2) is 47.6 Å². The van der Waals surface area contributed by atoms with Crippen LogP contribution in [0.4, 0.5) is 0 Å². The van der Waals surface area contributed by atoms with Crippen molar-refractivity contribution >= 4 is 35.3 Å². The van der Waals surface area contributed by atoms with E-state index in [1.165, 1.54) is 5.56 Å². The maximum absolute atomic E-state index is 11.7. The molecule has 0 aliphatic carbocycles. The zero-order chi connectivity index (χ0) is 18.1. The fraction of sp³-hybridized carbons (Fsp3) is 0.263. The molecule has 2 rings (SSSR count). The Balaban J connectivity index is 1.67. The Morgan fingerprint density at radius 1 is 1.20 bits per heavy atom. The Labute approximate surface area is 157 Å². The number of aryl methyl sites for hydroxylation is 1. The van der Waals surface area contributed by atoms with E-state index >= 15 is 0 Å². The second-order valence-corrected chi connectivity index (χ2v) is 6.26. The third-order valence-electron chi connectivity index (χ3n) is 3.49. The number of hydrogen-bond acceptors (Lipinski definition) is 3. The predicted octanol–water partition coefficient (Wildman–Crippen LogP) is 4.87. The van der Waals surface area contributed by atoms with Gasteiger partial charge in [-0.15, -0.1) is 0 Å². The number of nitrogens with zero attached hydrogens (tertiary/aromatic N) is 1. The first kappa shape index (κ1) is 19.3. The van der Waals surface area contributed by atoms with Crippen molar-refractivity contribution in [2.45, 2.75) is 26.2 Å². The summed E-state index contributed by atoms with van der Waals surface area (Å²) in [6.45, 7) is 2.49. The van der Waals surface area contributed by atoms with Gasteiger partial charge in [0.25, 0.3) is 0 Å². The molecule has 0 bridgehead atoms. The lowest BCUT2D eigenvalue weighted by Crippen LogP contribution is -2.18. The molecule has 0 aliphatic heterocycles. The molecule has 0 fully saturated rings. The molecule has 25 heavy (non-hydrogen) atoms. The molecule has 0 aromatic heterocycles. The van der Waals surface area contributed by atoms with Gasteiger partial charge in [-0.1, -0.05) is 54.4 Å². The Morgan fingerprint density at radius 2 is 1.96 bits per heavy atom. The first-order valence-electron chi connectivity index (χ1n) is 8.07. The van der Waals surface area contributed by atoms with Gasteiger partial charge in [0.05, 0.1) is 17.8 Å². The number of nitrogens with one attached hydrogen (secondary N) is 1. The van der Waals surface area contributed by atoms with Crippen LogP contribution in [0.3, 0.4) is 0 Å². The van der Waals surface area contributed by atoms with Crippen LogP contribution >= 0.6 is 23.2 Å². The molecule has 0 atom stereocenters. The molecule has 1 amide bonds. The first-order valence-corrected chi connectivity index (χ1v) is 8.82. The van der Waals surface area contributed by atoms with Crippen LogP contribution in [0.5, 0.6) is 5.75 Å². The third-order valence-corrected chi connectivity index (χ3v) is 4.02. The lowest BCUT2D eigenvalue weighted by Gasteiger charge is -2.07. The van der Waals surface area contributed by atoms with Crippen molar-refractivity contribution in [3.63, 3.8) is 0 Å². The van der Waals surface area contributed by atoms with Crippen LogP contribution in [-0.2, 0) is 11.2 Å². The van der Waals surface area contributed by atoms with E-state index in [0.717, 1.165) is 12.0 Å². The summed E-state index contributed by atoms with van der Waals surface area (Å²) in [7, 11) is 0. The minimum absolute atomic E-state index is 0.160. The number of amides is 1. The van der Waals surface area contributed by atoms with Gasteiger partial charge in [0, 0.05) is 11.4 Å². The number of carbonyl (C=O) groups excluding carboxylic acids is 1. The molecule has 2 aromatic carbocycles. The first-order chi connectivity index (χ1) is 12.1. The smallest absolute Gasteiger partial charge is 0.240 e. The van der Waals surface area contributed by atoms with Crippen molar-refractivity contribution < 1.29 is 9.53 Å². The van der Waals surface area contributed by atoms with E-state index < -0.39 is 0 Å². The third kappa shape index (κ3) is 6.77. The highest BCUT2D eigenvalue weighted by Gasteiger charge is 2.04. The van der Waals surface area contributed by atoms with Gasteiger partial charge >= 0.3 is 0 Å². The molecule has 0 spiro atoms. The van der Waals surface area contributed by atoms with Gasteiger partial charge in [0.2, 0.25) is 5.91 Å². The van der Waals surface area contributed by atoms with Gasteiger partial charge in [-0.05, 0) is 42.2 Å². The van der Waals surface area contributed by atoms with E-state index in [1.54, 1.807) is 24.4 Å². The van der Waals surface area contributed by atoms with E-state index in [9.17, 15) is 4.79 Å². The standard InChI is InChI=1S/C19H20Cl2N2O2/c1-2-14-5-7-15(8-6-14)13-22-23-19(24)4-3-11-25-18-10-9-16(20)12-17(18)21/h5-10,12-13H,2-4,11H2,1H3,(H,23,24)/b22-13+. The van der Waals surface area contributed by atoms with Crippen molar-refractivity contribution in [3.05, 3.63) is 63.6 Å². The molecule has 0 saturated carbocycles. The van der Waals surface area contributed by atoms with Crippen LogP contribution in [0.2, 0.25) is 10.0 Å². The fourth-order valence-corrected chi connectivity index (χ4v) is 2.54. The van der Waals surface area contributed by atoms with E-state index in [-0.39, 0.29) is 5.91 Å². The summed E-state index contributed by atoms with van der Waals surface area (Å²) in [5, 5.41) is 4.97. The molecule has 0 unspecified atom stereocenters. The summed E-state index contributed by atoms with van der Waals surface area (Å²) in [4.78, 5) is 11.7. The van der Waals surface area contributed by atoms with Crippen molar-refractivity contribution in [3.8, 4) is 5.75 Å². The molecular weight excluding hydrogens is 359 g/mol. The van der Waals surface area contributed by atoms with Crippen LogP contribution < -0.4 is 10.2 Å². The molecule has 132 valence electrons. The van der Waals surface area contributed by atoms with Crippen molar-refractivity contribution in [1.82, 2.24) is 5.43 Å². The van der Waals surface area contributed by atoms with Gasteiger partial charge in [0.1, 0.15) is 5.75 Å². The Bertz CT molecular complexity index is 731. The lowest BCUT2D eigenvalue weighted by molar-refractivity contribution is -0.121. The van der Waals surface area contributed by atoms with Crippen molar-refractivity contribution in [2.75, 3.05) is 6.61 Å². The molecule has 0 saturated heterocycles. The molecule has 1 N–H and O–H groups in total. The second kappa shape index (κ2) is 10.1. The predicted molar refractivity (Wildman–Crippen MR) is 103 cm³/mol. The summed E-state index contributed by atoms with van der Waals surface area (Å²) < 4.78 is 5.53. The maximum Gasteiger partial charge on any atom is 0.240 e. The average Bonchev–Trinajstić information content (AvgIpc) is 2.61. The number of benzene rings is 2. The number of halogens is 2. The van der Waals surface area contributed by atoms with Gasteiger partial charge in [-0.25, -0.2) is 5.43 Å². The number of ether oxygens (including phenoxy) is 1. The molecule has 6 heteroatoms. The van der Waals surface area contributed by atoms with Crippen LogP contribution in [0.1, 0.15) is 30.9 Å². The summed E-state index contributed by atoms with van der Waals surface area (Å²) in [6.07, 6.45) is 3.50. The average molecular weight is 379 g/mol. The summed E-state index contributed by atoms with van der Waals surface area (Å²) >= 11 is 11.8. The lowest BCUT2D eigenvalue weighted by atomic mass is 10.1. The Morgan fingerprint density at radius 3 is 2.64 bits per heavy atom. The van der Waals surface area contributed by atoms with Gasteiger partial charge in [0.15, 0.2) is 0 Å².